The van der Waals surface area contributed by atoms with Crippen LogP contribution in [0, 0.1) is 0 Å². The van der Waals surface area contributed by atoms with Gasteiger partial charge in [0.15, 0.2) is 0 Å². The summed E-state index contributed by atoms with van der Waals surface area (Å²) in [7, 11) is 0. The van der Waals surface area contributed by atoms with Gasteiger partial charge in [0.25, 0.3) is 0 Å². The fraction of sp³-hybridized carbons (Fsp3) is 0.462. The lowest BCUT2D eigenvalue weighted by atomic mass is 10.2. The fourth-order valence-corrected chi connectivity index (χ4v) is 1.47. The zero-order valence-corrected chi connectivity index (χ0v) is 10.6. The predicted molar refractivity (Wildman–Crippen MR) is 70.3 cm³/mol. The van der Waals surface area contributed by atoms with Gasteiger partial charge in [-0.2, -0.15) is 0 Å². The molecule has 1 aromatic rings. The summed E-state index contributed by atoms with van der Waals surface area (Å²) >= 11 is 0. The summed E-state index contributed by atoms with van der Waals surface area (Å²) in [6.07, 6.45) is 0. The molecule has 94 valence electrons. The number of rotatable bonds is 6. The molecule has 1 atom stereocenters. The lowest BCUT2D eigenvalue weighted by Gasteiger charge is -2.15. The number of anilines is 2. The van der Waals surface area contributed by atoms with Gasteiger partial charge in [-0.3, -0.25) is 4.79 Å². The van der Waals surface area contributed by atoms with Crippen LogP contribution in [-0.4, -0.2) is 25.2 Å². The molecule has 17 heavy (non-hydrogen) atoms. The number of carbonyl (C=O) groups is 1. The molecule has 0 saturated carbocycles. The molecule has 1 unspecified atom stereocenters. The van der Waals surface area contributed by atoms with Crippen molar-refractivity contribution in [1.82, 2.24) is 0 Å². The van der Waals surface area contributed by atoms with E-state index in [4.69, 9.17) is 4.74 Å². The van der Waals surface area contributed by atoms with Crippen LogP contribution in [-0.2, 0) is 9.53 Å². The third kappa shape index (κ3) is 5.36. The summed E-state index contributed by atoms with van der Waals surface area (Å²) in [5.74, 6) is -0.0598. The highest BCUT2D eigenvalue weighted by Crippen LogP contribution is 2.14. The molecule has 0 bridgehead atoms. The van der Waals surface area contributed by atoms with Crippen molar-refractivity contribution in [1.29, 1.82) is 0 Å². The van der Waals surface area contributed by atoms with Crippen LogP contribution in [0.15, 0.2) is 24.3 Å². The van der Waals surface area contributed by atoms with Gasteiger partial charge in [0.1, 0.15) is 0 Å². The van der Waals surface area contributed by atoms with E-state index in [1.165, 1.54) is 6.92 Å². The summed E-state index contributed by atoms with van der Waals surface area (Å²) < 4.78 is 5.32. The van der Waals surface area contributed by atoms with Gasteiger partial charge in [-0.15, -0.1) is 0 Å². The van der Waals surface area contributed by atoms with E-state index in [9.17, 15) is 4.79 Å². The molecular weight excluding hydrogens is 216 g/mol. The number of nitrogens with one attached hydrogen (secondary N) is 2. The number of hydrogen-bond acceptors (Lipinski definition) is 3. The van der Waals surface area contributed by atoms with Crippen LogP contribution in [0.3, 0.4) is 0 Å². The van der Waals surface area contributed by atoms with Crippen LogP contribution < -0.4 is 10.6 Å². The monoisotopic (exact) mass is 236 g/mol. The highest BCUT2D eigenvalue weighted by atomic mass is 16.5. The summed E-state index contributed by atoms with van der Waals surface area (Å²) in [5.41, 5.74) is 1.83. The summed E-state index contributed by atoms with van der Waals surface area (Å²) in [6.45, 7) is 6.96. The molecule has 0 aromatic heterocycles. The number of amides is 1. The van der Waals surface area contributed by atoms with Crippen molar-refractivity contribution in [2.24, 2.45) is 0 Å². The van der Waals surface area contributed by atoms with Crippen molar-refractivity contribution in [2.75, 3.05) is 23.8 Å². The van der Waals surface area contributed by atoms with Gasteiger partial charge in [-0.25, -0.2) is 0 Å². The SMILES string of the molecule is CCOCC(C)Nc1ccc(NC(C)=O)cc1. The Labute approximate surface area is 102 Å². The van der Waals surface area contributed by atoms with E-state index in [0.717, 1.165) is 18.0 Å². The van der Waals surface area contributed by atoms with E-state index in [2.05, 4.69) is 17.6 Å². The second kappa shape index (κ2) is 6.91. The zero-order valence-electron chi connectivity index (χ0n) is 10.6. The van der Waals surface area contributed by atoms with Gasteiger partial charge in [-0.05, 0) is 38.1 Å². The standard InChI is InChI=1S/C13H20N2O2/c1-4-17-9-10(2)14-12-5-7-13(8-6-12)15-11(3)16/h5-8,10,14H,4,9H2,1-3H3,(H,15,16). The van der Waals surface area contributed by atoms with Gasteiger partial charge < -0.3 is 15.4 Å². The molecule has 0 aliphatic heterocycles. The maximum Gasteiger partial charge on any atom is 0.221 e. The number of benzene rings is 1. The largest absolute Gasteiger partial charge is 0.380 e. The lowest BCUT2D eigenvalue weighted by Crippen LogP contribution is -2.21. The molecule has 4 nitrogen and oxygen atoms in total. The maximum atomic E-state index is 10.9. The van der Waals surface area contributed by atoms with E-state index in [0.29, 0.717) is 6.61 Å². The maximum absolute atomic E-state index is 10.9. The Morgan fingerprint density at radius 3 is 2.41 bits per heavy atom. The van der Waals surface area contributed by atoms with Crippen molar-refractivity contribution < 1.29 is 9.53 Å². The van der Waals surface area contributed by atoms with E-state index in [1.54, 1.807) is 0 Å². The number of carbonyl (C=O) groups excluding carboxylic acids is 1. The van der Waals surface area contributed by atoms with Gasteiger partial charge in [0, 0.05) is 30.9 Å². The van der Waals surface area contributed by atoms with Crippen LogP contribution in [0.2, 0.25) is 0 Å². The Balaban J connectivity index is 2.47. The molecule has 0 aliphatic carbocycles. The topological polar surface area (TPSA) is 50.4 Å². The molecule has 4 heteroatoms. The fourth-order valence-electron chi connectivity index (χ4n) is 1.47. The van der Waals surface area contributed by atoms with Gasteiger partial charge >= 0.3 is 0 Å². The van der Waals surface area contributed by atoms with Crippen LogP contribution in [0.4, 0.5) is 11.4 Å². The van der Waals surface area contributed by atoms with Crippen LogP contribution >= 0.6 is 0 Å². The highest BCUT2D eigenvalue weighted by molar-refractivity contribution is 5.88. The van der Waals surface area contributed by atoms with E-state index >= 15 is 0 Å². The van der Waals surface area contributed by atoms with E-state index in [-0.39, 0.29) is 11.9 Å². The average molecular weight is 236 g/mol. The minimum atomic E-state index is -0.0598. The first-order chi connectivity index (χ1) is 8.11. The molecule has 0 heterocycles. The summed E-state index contributed by atoms with van der Waals surface area (Å²) in [4.78, 5) is 10.9. The van der Waals surface area contributed by atoms with Crippen LogP contribution in [0.25, 0.3) is 0 Å². The second-order valence-corrected chi connectivity index (χ2v) is 3.96. The Hall–Kier alpha value is -1.55. The first-order valence-corrected chi connectivity index (χ1v) is 5.83. The molecule has 0 spiro atoms. The van der Waals surface area contributed by atoms with Crippen molar-refractivity contribution in [2.45, 2.75) is 26.8 Å². The zero-order chi connectivity index (χ0) is 12.7. The lowest BCUT2D eigenvalue weighted by molar-refractivity contribution is -0.114. The summed E-state index contributed by atoms with van der Waals surface area (Å²) in [6, 6.07) is 7.89. The third-order valence-corrected chi connectivity index (χ3v) is 2.19. The first-order valence-electron chi connectivity index (χ1n) is 5.83. The van der Waals surface area contributed by atoms with Crippen molar-refractivity contribution >= 4 is 17.3 Å². The molecule has 1 rings (SSSR count). The van der Waals surface area contributed by atoms with Crippen molar-refractivity contribution in [3.63, 3.8) is 0 Å². The normalized spacial score (nSPS) is 11.9. The molecule has 0 aliphatic rings. The molecule has 1 amide bonds. The number of ether oxygens (including phenoxy) is 1. The highest BCUT2D eigenvalue weighted by Gasteiger charge is 2.02. The predicted octanol–water partition coefficient (Wildman–Crippen LogP) is 2.48. The van der Waals surface area contributed by atoms with Crippen LogP contribution in [0.5, 0.6) is 0 Å². The van der Waals surface area contributed by atoms with E-state index in [1.807, 2.05) is 31.2 Å². The van der Waals surface area contributed by atoms with Gasteiger partial charge in [-0.1, -0.05) is 0 Å². The second-order valence-electron chi connectivity index (χ2n) is 3.96. The number of hydrogen-bond donors (Lipinski definition) is 2. The Morgan fingerprint density at radius 1 is 1.29 bits per heavy atom. The molecule has 1 aromatic carbocycles. The summed E-state index contributed by atoms with van der Waals surface area (Å²) in [5, 5.41) is 6.05. The molecule has 0 saturated heterocycles. The molecule has 2 N–H and O–H groups in total. The Kier molecular flexibility index (Phi) is 5.49. The van der Waals surface area contributed by atoms with E-state index < -0.39 is 0 Å². The third-order valence-electron chi connectivity index (χ3n) is 2.19. The van der Waals surface area contributed by atoms with Crippen LogP contribution in [0.1, 0.15) is 20.8 Å². The Bertz CT molecular complexity index is 349. The van der Waals surface area contributed by atoms with Gasteiger partial charge in [0.2, 0.25) is 5.91 Å². The van der Waals surface area contributed by atoms with Gasteiger partial charge in [0.05, 0.1) is 6.61 Å². The average Bonchev–Trinajstić information content (AvgIpc) is 2.28. The molecule has 0 radical (unpaired) electrons. The molecular formula is C13H20N2O2. The molecule has 0 fully saturated rings. The van der Waals surface area contributed by atoms with Crippen molar-refractivity contribution in [3.05, 3.63) is 24.3 Å². The first kappa shape index (κ1) is 13.5. The minimum Gasteiger partial charge on any atom is -0.380 e. The minimum absolute atomic E-state index is 0.0598. The Morgan fingerprint density at radius 2 is 1.88 bits per heavy atom. The smallest absolute Gasteiger partial charge is 0.221 e. The quantitative estimate of drug-likeness (QED) is 0.797. The van der Waals surface area contributed by atoms with Crippen molar-refractivity contribution in [3.8, 4) is 0 Å².